The minimum Gasteiger partial charge on any atom is -0.387 e. The Morgan fingerprint density at radius 3 is 2.68 bits per heavy atom. The summed E-state index contributed by atoms with van der Waals surface area (Å²) in [6.45, 7) is 0.831. The molecule has 3 atom stereocenters. The smallest absolute Gasteiger partial charge is 0.103 e. The highest BCUT2D eigenvalue weighted by Gasteiger charge is 2.37. The zero-order valence-corrected chi connectivity index (χ0v) is 18.0. The molecule has 1 saturated carbocycles. The number of aliphatic imine (C=N–C) groups is 1. The first kappa shape index (κ1) is 21.4. The normalized spacial score (nSPS) is 24.3. The number of amidine groups is 1. The summed E-state index contributed by atoms with van der Waals surface area (Å²) in [6.07, 6.45) is 6.01. The van der Waals surface area contributed by atoms with Crippen LogP contribution in [0.25, 0.3) is 0 Å². The second-order valence-corrected chi connectivity index (χ2v) is 8.33. The minimum absolute atomic E-state index is 0. The molecule has 3 unspecified atom stereocenters. The van der Waals surface area contributed by atoms with Gasteiger partial charge in [-0.1, -0.05) is 36.2 Å². The first-order valence-electron chi connectivity index (χ1n) is 9.67. The van der Waals surface area contributed by atoms with Gasteiger partial charge in [0.25, 0.3) is 0 Å². The van der Waals surface area contributed by atoms with E-state index in [0.29, 0.717) is 17.9 Å². The van der Waals surface area contributed by atoms with E-state index < -0.39 is 0 Å². The lowest BCUT2D eigenvalue weighted by molar-refractivity contribution is 0.530. The summed E-state index contributed by atoms with van der Waals surface area (Å²) in [5.41, 5.74) is 13.0. The molecular formula is C22H26Cl3N3. The summed E-state index contributed by atoms with van der Waals surface area (Å²) in [5.74, 6) is 1.91. The molecule has 0 bridgehead atoms. The highest BCUT2D eigenvalue weighted by molar-refractivity contribution is 6.30. The van der Waals surface area contributed by atoms with Crippen LogP contribution >= 0.6 is 36.4 Å². The second kappa shape index (κ2) is 8.62. The molecule has 3 nitrogen and oxygen atoms in total. The van der Waals surface area contributed by atoms with Crippen molar-refractivity contribution in [3.63, 3.8) is 0 Å². The zero-order chi connectivity index (χ0) is 17.7. The molecule has 2 aromatic rings. The standard InChI is InChI=1S/C22H24ClN3.2ClH/c23-15-4-1-3-13(9-15)12-25-20-8-7-14-10-19-16-5-2-6-17(16)22(24)26-21(19)11-18(14)20;;/h1,3-4,9-11,16-17,20,25H,2,5-8,12H2,(H2,24,26);2*1H. The minimum atomic E-state index is 0. The maximum absolute atomic E-state index is 6.29. The van der Waals surface area contributed by atoms with Crippen molar-refractivity contribution >= 4 is 47.9 Å². The lowest BCUT2D eigenvalue weighted by atomic mass is 9.83. The van der Waals surface area contributed by atoms with Crippen molar-refractivity contribution in [2.24, 2.45) is 16.6 Å². The third kappa shape index (κ3) is 3.78. The SMILES string of the molecule is Cl.Cl.NC1=Nc2cc3c(cc2C2CCCC12)CCC3NCc1cccc(Cl)c1. The van der Waals surface area contributed by atoms with E-state index in [1.165, 1.54) is 41.5 Å². The topological polar surface area (TPSA) is 50.4 Å². The summed E-state index contributed by atoms with van der Waals surface area (Å²) < 4.78 is 0. The van der Waals surface area contributed by atoms with Gasteiger partial charge in [0.1, 0.15) is 5.84 Å². The number of aryl methyl sites for hydroxylation is 1. The number of nitrogens with two attached hydrogens (primary N) is 1. The van der Waals surface area contributed by atoms with Gasteiger partial charge in [-0.2, -0.15) is 0 Å². The van der Waals surface area contributed by atoms with Crippen molar-refractivity contribution < 1.29 is 0 Å². The Balaban J connectivity index is 0.00000112. The molecule has 5 rings (SSSR count). The van der Waals surface area contributed by atoms with Gasteiger partial charge in [-0.05, 0) is 72.1 Å². The van der Waals surface area contributed by atoms with Crippen LogP contribution in [-0.4, -0.2) is 5.84 Å². The summed E-state index contributed by atoms with van der Waals surface area (Å²) in [7, 11) is 0. The Kier molecular flexibility index (Phi) is 6.61. The number of hydrogen-bond donors (Lipinski definition) is 2. The monoisotopic (exact) mass is 437 g/mol. The molecule has 3 N–H and O–H groups in total. The van der Waals surface area contributed by atoms with Crippen molar-refractivity contribution in [1.82, 2.24) is 5.32 Å². The molecule has 1 aliphatic heterocycles. The average molecular weight is 439 g/mol. The van der Waals surface area contributed by atoms with Crippen LogP contribution < -0.4 is 11.1 Å². The number of hydrogen-bond acceptors (Lipinski definition) is 3. The summed E-state index contributed by atoms with van der Waals surface area (Å²) >= 11 is 6.10. The fourth-order valence-corrected chi connectivity index (χ4v) is 5.28. The van der Waals surface area contributed by atoms with Crippen LogP contribution in [0.5, 0.6) is 0 Å². The Labute approximate surface area is 184 Å². The Morgan fingerprint density at radius 2 is 1.86 bits per heavy atom. The van der Waals surface area contributed by atoms with Crippen molar-refractivity contribution in [2.75, 3.05) is 0 Å². The fraction of sp³-hybridized carbons (Fsp3) is 0.409. The molecule has 0 saturated heterocycles. The van der Waals surface area contributed by atoms with E-state index in [-0.39, 0.29) is 24.8 Å². The van der Waals surface area contributed by atoms with Crippen LogP contribution in [0.4, 0.5) is 5.69 Å². The van der Waals surface area contributed by atoms with E-state index >= 15 is 0 Å². The van der Waals surface area contributed by atoms with Crippen LogP contribution in [0.3, 0.4) is 0 Å². The highest BCUT2D eigenvalue weighted by atomic mass is 35.5. The van der Waals surface area contributed by atoms with Gasteiger partial charge in [0.15, 0.2) is 0 Å². The quantitative estimate of drug-likeness (QED) is 0.632. The molecule has 2 aliphatic carbocycles. The fourth-order valence-electron chi connectivity index (χ4n) is 5.07. The van der Waals surface area contributed by atoms with Crippen LogP contribution in [0, 0.1) is 5.92 Å². The number of nitrogens with zero attached hydrogens (tertiary/aromatic N) is 1. The van der Waals surface area contributed by atoms with E-state index in [4.69, 9.17) is 22.3 Å². The van der Waals surface area contributed by atoms with Crippen LogP contribution in [-0.2, 0) is 13.0 Å². The molecule has 0 aromatic heterocycles. The highest BCUT2D eigenvalue weighted by Crippen LogP contribution is 2.49. The molecule has 1 fully saturated rings. The van der Waals surface area contributed by atoms with E-state index in [2.05, 4.69) is 23.5 Å². The predicted octanol–water partition coefficient (Wildman–Crippen LogP) is 5.85. The molecule has 0 spiro atoms. The van der Waals surface area contributed by atoms with E-state index in [1.54, 1.807) is 0 Å². The van der Waals surface area contributed by atoms with Gasteiger partial charge >= 0.3 is 0 Å². The lowest BCUT2D eigenvalue weighted by Crippen LogP contribution is -2.28. The first-order valence-corrected chi connectivity index (χ1v) is 10.1. The third-order valence-corrected chi connectivity index (χ3v) is 6.59. The molecule has 0 radical (unpaired) electrons. The molecule has 150 valence electrons. The van der Waals surface area contributed by atoms with Gasteiger partial charge in [-0.3, -0.25) is 0 Å². The maximum Gasteiger partial charge on any atom is 0.103 e. The van der Waals surface area contributed by atoms with Crippen LogP contribution in [0.2, 0.25) is 5.02 Å². The molecule has 2 aromatic carbocycles. The lowest BCUT2D eigenvalue weighted by Gasteiger charge is -2.27. The van der Waals surface area contributed by atoms with Gasteiger partial charge in [-0.25, -0.2) is 4.99 Å². The van der Waals surface area contributed by atoms with Gasteiger partial charge < -0.3 is 11.1 Å². The number of fused-ring (bicyclic) bond motifs is 4. The zero-order valence-electron chi connectivity index (χ0n) is 15.7. The van der Waals surface area contributed by atoms with Crippen LogP contribution in [0.15, 0.2) is 41.4 Å². The Bertz CT molecular complexity index is 897. The summed E-state index contributed by atoms with van der Waals surface area (Å²) in [4.78, 5) is 4.78. The first-order chi connectivity index (χ1) is 12.7. The van der Waals surface area contributed by atoms with Crippen molar-refractivity contribution in [3.8, 4) is 0 Å². The average Bonchev–Trinajstić information content (AvgIpc) is 3.26. The van der Waals surface area contributed by atoms with Gasteiger partial charge in [-0.15, -0.1) is 24.8 Å². The molecule has 3 aliphatic rings. The molecular weight excluding hydrogens is 413 g/mol. The van der Waals surface area contributed by atoms with Crippen molar-refractivity contribution in [3.05, 3.63) is 63.7 Å². The second-order valence-electron chi connectivity index (χ2n) is 7.89. The Hall–Kier alpha value is -1.26. The summed E-state index contributed by atoms with van der Waals surface area (Å²) in [6, 6.07) is 13.2. The number of halogens is 3. The van der Waals surface area contributed by atoms with E-state index in [0.717, 1.165) is 35.9 Å². The van der Waals surface area contributed by atoms with Gasteiger partial charge in [0.2, 0.25) is 0 Å². The number of benzene rings is 2. The van der Waals surface area contributed by atoms with Crippen molar-refractivity contribution in [1.29, 1.82) is 0 Å². The van der Waals surface area contributed by atoms with Crippen LogP contribution in [0.1, 0.15) is 59.9 Å². The number of nitrogens with one attached hydrogen (secondary N) is 1. The largest absolute Gasteiger partial charge is 0.387 e. The predicted molar refractivity (Wildman–Crippen MR) is 122 cm³/mol. The van der Waals surface area contributed by atoms with Gasteiger partial charge in [0, 0.05) is 23.5 Å². The molecule has 6 heteroatoms. The molecule has 1 heterocycles. The van der Waals surface area contributed by atoms with E-state index in [1.807, 2.05) is 18.2 Å². The van der Waals surface area contributed by atoms with E-state index in [9.17, 15) is 0 Å². The van der Waals surface area contributed by atoms with Crippen molar-refractivity contribution in [2.45, 2.75) is 50.6 Å². The molecule has 28 heavy (non-hydrogen) atoms. The molecule has 0 amide bonds. The summed E-state index contributed by atoms with van der Waals surface area (Å²) in [5, 5.41) is 4.50. The van der Waals surface area contributed by atoms with Gasteiger partial charge in [0.05, 0.1) is 5.69 Å². The number of rotatable bonds is 3. The third-order valence-electron chi connectivity index (χ3n) is 6.35. The Morgan fingerprint density at radius 1 is 1.04 bits per heavy atom. The maximum atomic E-state index is 6.29.